The Morgan fingerprint density at radius 2 is 1.94 bits per heavy atom. The zero-order valence-corrected chi connectivity index (χ0v) is 10.8. The Morgan fingerprint density at radius 3 is 2.67 bits per heavy atom. The van der Waals surface area contributed by atoms with Crippen molar-refractivity contribution in [3.05, 3.63) is 28.7 Å². The predicted octanol–water partition coefficient (Wildman–Crippen LogP) is 1.15. The molecule has 7 heteroatoms. The van der Waals surface area contributed by atoms with Gasteiger partial charge >= 0.3 is 5.69 Å². The number of hydrogen-bond acceptors (Lipinski definition) is 3. The van der Waals surface area contributed by atoms with Gasteiger partial charge < -0.3 is 15.3 Å². The number of ketones is 1. The van der Waals surface area contributed by atoms with E-state index >= 15 is 0 Å². The van der Waals surface area contributed by atoms with Gasteiger partial charge in [0.1, 0.15) is 0 Å². The summed E-state index contributed by atoms with van der Waals surface area (Å²) in [5.74, 6) is -0.569. The Balaban J connectivity index is 2.14. The van der Waals surface area contributed by atoms with Crippen LogP contribution in [0.5, 0.6) is 0 Å². The Morgan fingerprint density at radius 1 is 1.22 bits per heavy atom. The third-order valence-electron chi connectivity index (χ3n) is 2.31. The van der Waals surface area contributed by atoms with E-state index in [4.69, 9.17) is 0 Å². The highest BCUT2D eigenvalue weighted by Crippen LogP contribution is 2.14. The first-order valence-electron chi connectivity index (χ1n) is 5.18. The maximum Gasteiger partial charge on any atom is 0.323 e. The molecule has 2 aromatic rings. The number of H-pyrrole nitrogens is 2. The SMILES string of the molecule is O=C(CBr)CC(=O)Nc1ccc2[nH]c(=O)[nH]c2c1. The average molecular weight is 312 g/mol. The van der Waals surface area contributed by atoms with Gasteiger partial charge in [-0.25, -0.2) is 4.79 Å². The van der Waals surface area contributed by atoms with Gasteiger partial charge in [-0.05, 0) is 18.2 Å². The van der Waals surface area contributed by atoms with Crippen LogP contribution in [0.2, 0.25) is 0 Å². The molecule has 18 heavy (non-hydrogen) atoms. The fraction of sp³-hybridized carbons (Fsp3) is 0.182. The van der Waals surface area contributed by atoms with Crippen molar-refractivity contribution in [2.24, 2.45) is 0 Å². The van der Waals surface area contributed by atoms with Crippen LogP contribution in [0.1, 0.15) is 6.42 Å². The normalized spacial score (nSPS) is 10.5. The van der Waals surface area contributed by atoms with Gasteiger partial charge in [0.05, 0.1) is 22.8 Å². The first-order valence-corrected chi connectivity index (χ1v) is 6.30. The summed E-state index contributed by atoms with van der Waals surface area (Å²) in [6.07, 6.45) is -0.174. The van der Waals surface area contributed by atoms with Gasteiger partial charge in [-0.2, -0.15) is 0 Å². The third-order valence-corrected chi connectivity index (χ3v) is 2.93. The number of halogens is 1. The molecule has 94 valence electrons. The molecule has 0 aliphatic rings. The van der Waals surface area contributed by atoms with Crippen LogP contribution in [-0.4, -0.2) is 27.0 Å². The van der Waals surface area contributed by atoms with E-state index in [2.05, 4.69) is 31.2 Å². The van der Waals surface area contributed by atoms with E-state index in [0.29, 0.717) is 16.7 Å². The van der Waals surface area contributed by atoms with Gasteiger partial charge in [0.2, 0.25) is 5.91 Å². The summed E-state index contributed by atoms with van der Waals surface area (Å²) >= 11 is 2.99. The summed E-state index contributed by atoms with van der Waals surface area (Å²) in [7, 11) is 0. The number of nitrogens with one attached hydrogen (secondary N) is 3. The summed E-state index contributed by atoms with van der Waals surface area (Å²) in [6.45, 7) is 0. The molecule has 1 amide bonds. The summed E-state index contributed by atoms with van der Waals surface area (Å²) in [4.78, 5) is 38.8. The zero-order chi connectivity index (χ0) is 13.1. The number of anilines is 1. The molecule has 1 aromatic heterocycles. The number of amides is 1. The Hall–Kier alpha value is -1.89. The first kappa shape index (κ1) is 12.6. The molecule has 0 aliphatic heterocycles. The molecular formula is C11H10BrN3O3. The topological polar surface area (TPSA) is 94.8 Å². The second-order valence-corrected chi connectivity index (χ2v) is 4.30. The number of fused-ring (bicyclic) bond motifs is 1. The maximum absolute atomic E-state index is 11.5. The molecule has 3 N–H and O–H groups in total. The third kappa shape index (κ3) is 2.86. The van der Waals surface area contributed by atoms with Crippen molar-refractivity contribution in [1.29, 1.82) is 0 Å². The summed E-state index contributed by atoms with van der Waals surface area (Å²) in [5, 5.41) is 2.75. The van der Waals surface area contributed by atoms with E-state index in [-0.39, 0.29) is 29.1 Å². The van der Waals surface area contributed by atoms with E-state index in [1.807, 2.05) is 0 Å². The lowest BCUT2D eigenvalue weighted by atomic mass is 10.2. The van der Waals surface area contributed by atoms with Crippen molar-refractivity contribution in [3.8, 4) is 0 Å². The summed E-state index contributed by atoms with van der Waals surface area (Å²) in [6, 6.07) is 4.96. The fourth-order valence-corrected chi connectivity index (χ4v) is 1.74. The Labute approximate surface area is 110 Å². The van der Waals surface area contributed by atoms with Crippen LogP contribution in [0.15, 0.2) is 23.0 Å². The number of hydrogen-bond donors (Lipinski definition) is 3. The first-order chi connectivity index (χ1) is 8.58. The van der Waals surface area contributed by atoms with Gasteiger partial charge in [0.25, 0.3) is 0 Å². The molecule has 0 saturated carbocycles. The molecule has 1 heterocycles. The van der Waals surface area contributed by atoms with E-state index in [9.17, 15) is 14.4 Å². The standard InChI is InChI=1S/C11H10BrN3O3/c12-5-7(16)4-10(17)13-6-1-2-8-9(3-6)15-11(18)14-8/h1-3H,4-5H2,(H,13,17)(H2,14,15,18). The number of Topliss-reactive ketones (excluding diaryl/α,β-unsaturated/α-hetero) is 1. The van der Waals surface area contributed by atoms with Crippen LogP contribution in [0.4, 0.5) is 5.69 Å². The van der Waals surface area contributed by atoms with Crippen molar-refractivity contribution in [2.75, 3.05) is 10.6 Å². The molecule has 0 spiro atoms. The van der Waals surface area contributed by atoms with E-state index < -0.39 is 0 Å². The number of imidazole rings is 1. The molecule has 0 aliphatic carbocycles. The molecule has 2 rings (SSSR count). The highest BCUT2D eigenvalue weighted by atomic mass is 79.9. The molecule has 1 aromatic carbocycles. The second kappa shape index (κ2) is 5.18. The molecule has 0 unspecified atom stereocenters. The van der Waals surface area contributed by atoms with Crippen molar-refractivity contribution in [1.82, 2.24) is 9.97 Å². The molecule has 0 radical (unpaired) electrons. The zero-order valence-electron chi connectivity index (χ0n) is 9.25. The Kier molecular flexibility index (Phi) is 3.61. The van der Waals surface area contributed by atoms with Crippen molar-refractivity contribution < 1.29 is 9.59 Å². The van der Waals surface area contributed by atoms with E-state index in [1.165, 1.54) is 0 Å². The van der Waals surface area contributed by atoms with Crippen LogP contribution < -0.4 is 11.0 Å². The van der Waals surface area contributed by atoms with Gasteiger partial charge in [-0.15, -0.1) is 0 Å². The van der Waals surface area contributed by atoms with Gasteiger partial charge in [0, 0.05) is 5.69 Å². The molecule has 0 atom stereocenters. The van der Waals surface area contributed by atoms with Gasteiger partial charge in [-0.3, -0.25) is 9.59 Å². The van der Waals surface area contributed by atoms with E-state index in [1.54, 1.807) is 18.2 Å². The highest BCUT2D eigenvalue weighted by molar-refractivity contribution is 9.09. The molecule has 0 fully saturated rings. The maximum atomic E-state index is 11.5. The minimum atomic E-state index is -0.378. The minimum absolute atomic E-state index is 0.157. The Bertz CT molecular complexity index is 659. The van der Waals surface area contributed by atoms with Crippen LogP contribution in [0.3, 0.4) is 0 Å². The summed E-state index contributed by atoms with van der Waals surface area (Å²) in [5.41, 5.74) is 1.49. The van der Waals surface area contributed by atoms with Crippen molar-refractivity contribution >= 4 is 44.3 Å². The number of aromatic nitrogens is 2. The number of benzene rings is 1. The number of rotatable bonds is 4. The molecule has 6 nitrogen and oxygen atoms in total. The largest absolute Gasteiger partial charge is 0.326 e. The lowest BCUT2D eigenvalue weighted by Crippen LogP contribution is -2.16. The molecule has 0 bridgehead atoms. The lowest BCUT2D eigenvalue weighted by molar-refractivity contribution is -0.123. The smallest absolute Gasteiger partial charge is 0.323 e. The summed E-state index contributed by atoms with van der Waals surface area (Å²) < 4.78 is 0. The van der Waals surface area contributed by atoms with Gasteiger partial charge in [-0.1, -0.05) is 15.9 Å². The van der Waals surface area contributed by atoms with E-state index in [0.717, 1.165) is 0 Å². The molecular weight excluding hydrogens is 302 g/mol. The minimum Gasteiger partial charge on any atom is -0.326 e. The second-order valence-electron chi connectivity index (χ2n) is 3.74. The van der Waals surface area contributed by atoms with Crippen LogP contribution in [0, 0.1) is 0 Å². The van der Waals surface area contributed by atoms with Crippen LogP contribution >= 0.6 is 15.9 Å². The number of carbonyl (C=O) groups is 2. The number of carbonyl (C=O) groups excluding carboxylic acids is 2. The van der Waals surface area contributed by atoms with Crippen LogP contribution in [-0.2, 0) is 9.59 Å². The van der Waals surface area contributed by atoms with Gasteiger partial charge in [0.15, 0.2) is 5.78 Å². The lowest BCUT2D eigenvalue weighted by Gasteiger charge is -2.03. The van der Waals surface area contributed by atoms with Crippen molar-refractivity contribution in [2.45, 2.75) is 6.42 Å². The predicted molar refractivity (Wildman–Crippen MR) is 71.0 cm³/mol. The molecule has 0 saturated heterocycles. The average Bonchev–Trinajstić information content (AvgIpc) is 2.68. The quantitative estimate of drug-likeness (QED) is 0.584. The highest BCUT2D eigenvalue weighted by Gasteiger charge is 2.09. The number of alkyl halides is 1. The van der Waals surface area contributed by atoms with Crippen molar-refractivity contribution in [3.63, 3.8) is 0 Å². The van der Waals surface area contributed by atoms with Crippen LogP contribution in [0.25, 0.3) is 11.0 Å². The fourth-order valence-electron chi connectivity index (χ4n) is 1.54. The monoisotopic (exact) mass is 311 g/mol. The number of aromatic amines is 2.